The lowest BCUT2D eigenvalue weighted by molar-refractivity contribution is -0.122. The van der Waals surface area contributed by atoms with E-state index in [-0.39, 0.29) is 11.8 Å². The first-order chi connectivity index (χ1) is 11.8. The topological polar surface area (TPSA) is 59.8 Å². The average molecular weight is 338 g/mol. The standard InChI is InChI=1S/C18H18N4OS/c23-18(13-6-7-13)20-9-10-22-17(16-5-3-11-24-16)14(12-21-22)15-4-1-2-8-19-15/h1-5,8,11-13H,6-7,9-10H2,(H,20,23). The Kier molecular flexibility index (Phi) is 4.13. The molecule has 0 atom stereocenters. The number of carbonyl (C=O) groups excluding carboxylic acids is 1. The van der Waals surface area contributed by atoms with Gasteiger partial charge in [0.1, 0.15) is 0 Å². The molecule has 1 saturated carbocycles. The van der Waals surface area contributed by atoms with Crippen LogP contribution in [0, 0.1) is 5.92 Å². The minimum Gasteiger partial charge on any atom is -0.354 e. The Bertz CT molecular complexity index is 822. The van der Waals surface area contributed by atoms with Crippen LogP contribution in [0.25, 0.3) is 21.8 Å². The quantitative estimate of drug-likeness (QED) is 0.751. The van der Waals surface area contributed by atoms with Gasteiger partial charge in [0, 0.05) is 24.2 Å². The lowest BCUT2D eigenvalue weighted by Gasteiger charge is -2.09. The normalized spacial score (nSPS) is 13.8. The van der Waals surface area contributed by atoms with Crippen LogP contribution in [0.3, 0.4) is 0 Å². The molecule has 0 saturated heterocycles. The molecule has 0 unspecified atom stereocenters. The zero-order valence-electron chi connectivity index (χ0n) is 13.2. The van der Waals surface area contributed by atoms with Crippen LogP contribution in [-0.2, 0) is 11.3 Å². The minimum atomic E-state index is 0.171. The van der Waals surface area contributed by atoms with Gasteiger partial charge in [0.05, 0.1) is 29.0 Å². The number of carbonyl (C=O) groups is 1. The number of nitrogens with one attached hydrogen (secondary N) is 1. The van der Waals surface area contributed by atoms with E-state index in [1.807, 2.05) is 35.1 Å². The highest BCUT2D eigenvalue weighted by atomic mass is 32.1. The van der Waals surface area contributed by atoms with E-state index in [1.54, 1.807) is 17.5 Å². The van der Waals surface area contributed by atoms with Gasteiger partial charge < -0.3 is 5.32 Å². The molecule has 1 fully saturated rings. The van der Waals surface area contributed by atoms with Crippen molar-refractivity contribution in [2.75, 3.05) is 6.54 Å². The fraction of sp³-hybridized carbons (Fsp3) is 0.278. The summed E-state index contributed by atoms with van der Waals surface area (Å²) in [6.45, 7) is 1.25. The lowest BCUT2D eigenvalue weighted by atomic mass is 10.1. The van der Waals surface area contributed by atoms with Crippen molar-refractivity contribution in [1.29, 1.82) is 0 Å². The van der Waals surface area contributed by atoms with Crippen molar-refractivity contribution < 1.29 is 4.79 Å². The molecule has 122 valence electrons. The van der Waals surface area contributed by atoms with Crippen molar-refractivity contribution in [3.05, 3.63) is 48.1 Å². The minimum absolute atomic E-state index is 0.171. The van der Waals surface area contributed by atoms with Gasteiger partial charge in [-0.1, -0.05) is 12.1 Å². The third-order valence-electron chi connectivity index (χ3n) is 4.11. The van der Waals surface area contributed by atoms with Crippen LogP contribution in [0.15, 0.2) is 48.1 Å². The molecular weight excluding hydrogens is 320 g/mol. The van der Waals surface area contributed by atoms with E-state index >= 15 is 0 Å². The first kappa shape index (κ1) is 15.1. The van der Waals surface area contributed by atoms with Crippen molar-refractivity contribution in [2.24, 2.45) is 5.92 Å². The number of thiophene rings is 1. The second-order valence-electron chi connectivity index (χ2n) is 5.89. The molecule has 3 heterocycles. The predicted octanol–water partition coefficient (Wildman–Crippen LogP) is 3.20. The third-order valence-corrected chi connectivity index (χ3v) is 4.98. The molecule has 1 amide bonds. The first-order valence-electron chi connectivity index (χ1n) is 8.12. The van der Waals surface area contributed by atoms with Crippen LogP contribution < -0.4 is 5.32 Å². The summed E-state index contributed by atoms with van der Waals surface area (Å²) in [5.74, 6) is 0.410. The molecule has 4 rings (SSSR count). The van der Waals surface area contributed by atoms with Gasteiger partial charge in [0.2, 0.25) is 5.91 Å². The van der Waals surface area contributed by atoms with Gasteiger partial charge in [-0.25, -0.2) is 0 Å². The van der Waals surface area contributed by atoms with E-state index in [4.69, 9.17) is 0 Å². The van der Waals surface area contributed by atoms with Gasteiger partial charge >= 0.3 is 0 Å². The number of nitrogens with zero attached hydrogens (tertiary/aromatic N) is 3. The summed E-state index contributed by atoms with van der Waals surface area (Å²) < 4.78 is 1.96. The van der Waals surface area contributed by atoms with Gasteiger partial charge in [-0.05, 0) is 36.4 Å². The smallest absolute Gasteiger partial charge is 0.223 e. The zero-order valence-corrected chi connectivity index (χ0v) is 14.0. The monoisotopic (exact) mass is 338 g/mol. The molecule has 0 spiro atoms. The maximum Gasteiger partial charge on any atom is 0.223 e. The summed E-state index contributed by atoms with van der Waals surface area (Å²) in [5.41, 5.74) is 2.99. The third kappa shape index (κ3) is 3.10. The van der Waals surface area contributed by atoms with E-state index in [0.717, 1.165) is 34.7 Å². The lowest BCUT2D eigenvalue weighted by Crippen LogP contribution is -2.28. The molecule has 24 heavy (non-hydrogen) atoms. The fourth-order valence-electron chi connectivity index (χ4n) is 2.71. The van der Waals surface area contributed by atoms with Crippen LogP contribution in [0.5, 0.6) is 0 Å². The molecule has 0 bridgehead atoms. The number of aromatic nitrogens is 3. The molecular formula is C18H18N4OS. The van der Waals surface area contributed by atoms with Gasteiger partial charge in [-0.3, -0.25) is 14.5 Å². The summed E-state index contributed by atoms with van der Waals surface area (Å²) in [4.78, 5) is 17.4. The zero-order chi connectivity index (χ0) is 16.4. The number of rotatable bonds is 6. The summed E-state index contributed by atoms with van der Waals surface area (Å²) in [7, 11) is 0. The largest absolute Gasteiger partial charge is 0.354 e. The van der Waals surface area contributed by atoms with Crippen molar-refractivity contribution in [3.8, 4) is 21.8 Å². The molecule has 1 N–H and O–H groups in total. The number of amides is 1. The van der Waals surface area contributed by atoms with Gasteiger partial charge in [0.25, 0.3) is 0 Å². The molecule has 5 nitrogen and oxygen atoms in total. The van der Waals surface area contributed by atoms with Crippen LogP contribution in [0.4, 0.5) is 0 Å². The van der Waals surface area contributed by atoms with E-state index < -0.39 is 0 Å². The fourth-order valence-corrected chi connectivity index (χ4v) is 3.50. The maximum atomic E-state index is 11.8. The number of pyridine rings is 1. The average Bonchev–Trinajstić information content (AvgIpc) is 3.17. The Morgan fingerprint density at radius 1 is 1.29 bits per heavy atom. The first-order valence-corrected chi connectivity index (χ1v) is 8.99. The van der Waals surface area contributed by atoms with E-state index in [9.17, 15) is 4.79 Å². The molecule has 0 aromatic carbocycles. The van der Waals surface area contributed by atoms with E-state index in [2.05, 4.69) is 26.8 Å². The Labute approximate surface area is 144 Å². The molecule has 1 aliphatic rings. The van der Waals surface area contributed by atoms with Gasteiger partial charge in [-0.2, -0.15) is 5.10 Å². The molecule has 3 aromatic rings. The van der Waals surface area contributed by atoms with Gasteiger partial charge in [0.15, 0.2) is 0 Å². The second kappa shape index (κ2) is 6.57. The van der Waals surface area contributed by atoms with Crippen molar-refractivity contribution in [1.82, 2.24) is 20.1 Å². The Morgan fingerprint density at radius 2 is 2.21 bits per heavy atom. The van der Waals surface area contributed by atoms with Crippen LogP contribution in [0.2, 0.25) is 0 Å². The molecule has 0 radical (unpaired) electrons. The highest BCUT2D eigenvalue weighted by molar-refractivity contribution is 7.13. The Balaban J connectivity index is 1.59. The summed E-state index contributed by atoms with van der Waals surface area (Å²) in [5, 5.41) is 9.60. The molecule has 3 aromatic heterocycles. The molecule has 6 heteroatoms. The Morgan fingerprint density at radius 3 is 2.92 bits per heavy atom. The van der Waals surface area contributed by atoms with Gasteiger partial charge in [-0.15, -0.1) is 11.3 Å². The highest BCUT2D eigenvalue weighted by Gasteiger charge is 2.29. The predicted molar refractivity (Wildman–Crippen MR) is 94.5 cm³/mol. The highest BCUT2D eigenvalue weighted by Crippen LogP contribution is 2.33. The molecule has 1 aliphatic carbocycles. The summed E-state index contributed by atoms with van der Waals surface area (Å²) >= 11 is 1.68. The number of hydrogen-bond donors (Lipinski definition) is 1. The van der Waals surface area contributed by atoms with Crippen molar-refractivity contribution >= 4 is 17.2 Å². The van der Waals surface area contributed by atoms with Crippen LogP contribution in [-0.4, -0.2) is 27.2 Å². The SMILES string of the molecule is O=C(NCCn1ncc(-c2ccccn2)c1-c1cccs1)C1CC1. The van der Waals surface area contributed by atoms with E-state index in [1.165, 1.54) is 0 Å². The summed E-state index contributed by atoms with van der Waals surface area (Å²) in [6, 6.07) is 10.0. The number of hydrogen-bond acceptors (Lipinski definition) is 4. The van der Waals surface area contributed by atoms with Crippen molar-refractivity contribution in [3.63, 3.8) is 0 Å². The molecule has 0 aliphatic heterocycles. The van der Waals surface area contributed by atoms with Crippen molar-refractivity contribution in [2.45, 2.75) is 19.4 Å². The summed E-state index contributed by atoms with van der Waals surface area (Å²) in [6.07, 6.45) is 5.70. The van der Waals surface area contributed by atoms with Crippen LogP contribution >= 0.6 is 11.3 Å². The van der Waals surface area contributed by atoms with E-state index in [0.29, 0.717) is 13.1 Å². The van der Waals surface area contributed by atoms with Crippen LogP contribution in [0.1, 0.15) is 12.8 Å². The Hall–Kier alpha value is -2.47. The second-order valence-corrected chi connectivity index (χ2v) is 6.84. The maximum absolute atomic E-state index is 11.8.